The highest BCUT2D eigenvalue weighted by Crippen LogP contribution is 2.61. The first-order chi connectivity index (χ1) is 14.5. The fraction of sp³-hybridized carbons (Fsp3) is 0.577. The molecule has 0 amide bonds. The summed E-state index contributed by atoms with van der Waals surface area (Å²) in [6.45, 7) is 5.36. The predicted molar refractivity (Wildman–Crippen MR) is 117 cm³/mol. The molecule has 160 valence electrons. The molecule has 30 heavy (non-hydrogen) atoms. The van der Waals surface area contributed by atoms with Crippen molar-refractivity contribution in [2.75, 3.05) is 6.61 Å². The summed E-state index contributed by atoms with van der Waals surface area (Å²) in [6.07, 6.45) is 8.73. The second kappa shape index (κ2) is 7.88. The van der Waals surface area contributed by atoms with Gasteiger partial charge in [-0.3, -0.25) is 0 Å². The van der Waals surface area contributed by atoms with Crippen molar-refractivity contribution in [2.24, 2.45) is 23.2 Å². The van der Waals surface area contributed by atoms with Crippen LogP contribution in [0.5, 0.6) is 0 Å². The second-order valence-corrected chi connectivity index (χ2v) is 9.95. The smallest absolute Gasteiger partial charge is 0.338 e. The molecule has 4 bridgehead atoms. The van der Waals surface area contributed by atoms with Gasteiger partial charge in [0, 0.05) is 11.6 Å². The Morgan fingerprint density at radius 3 is 2.30 bits per heavy atom. The van der Waals surface area contributed by atoms with E-state index >= 15 is 0 Å². The molecule has 1 N–H and O–H groups in total. The zero-order valence-electron chi connectivity index (χ0n) is 18.2. The van der Waals surface area contributed by atoms with Crippen LogP contribution in [0.4, 0.5) is 0 Å². The van der Waals surface area contributed by atoms with Gasteiger partial charge in [0.2, 0.25) is 0 Å². The first-order valence-corrected chi connectivity index (χ1v) is 11.6. The van der Waals surface area contributed by atoms with Crippen LogP contribution in [0.15, 0.2) is 40.8 Å². The molecule has 1 atom stereocenters. The van der Waals surface area contributed by atoms with Crippen molar-refractivity contribution in [2.45, 2.75) is 65.0 Å². The number of hydrogen-bond donors (Lipinski definition) is 1. The molecule has 1 heterocycles. The van der Waals surface area contributed by atoms with Gasteiger partial charge in [-0.15, -0.1) is 0 Å². The van der Waals surface area contributed by atoms with E-state index in [1.54, 1.807) is 12.1 Å². The van der Waals surface area contributed by atoms with Gasteiger partial charge in [-0.05, 0) is 99.8 Å². The lowest BCUT2D eigenvalue weighted by atomic mass is 9.48. The van der Waals surface area contributed by atoms with Gasteiger partial charge in [0.25, 0.3) is 0 Å². The molecule has 0 spiro atoms. The summed E-state index contributed by atoms with van der Waals surface area (Å²) in [7, 11) is 0. The third-order valence-corrected chi connectivity index (χ3v) is 7.93. The number of esters is 1. The van der Waals surface area contributed by atoms with E-state index in [9.17, 15) is 4.79 Å². The number of benzene rings is 1. The Morgan fingerprint density at radius 1 is 1.07 bits per heavy atom. The summed E-state index contributed by atoms with van der Waals surface area (Å²) >= 11 is 0. The molecule has 1 aromatic carbocycles. The van der Waals surface area contributed by atoms with E-state index in [1.165, 1.54) is 38.5 Å². The van der Waals surface area contributed by atoms with Crippen molar-refractivity contribution in [3.8, 4) is 11.3 Å². The van der Waals surface area contributed by atoms with Crippen molar-refractivity contribution in [3.05, 3.63) is 47.7 Å². The standard InChI is InChI=1S/C26H33NO3/c1-3-29-25(28)22-6-4-21(5-7-22)24-9-8-23(30-24)16-27-17(2)26-13-18-10-19(14-26)12-20(11-18)15-26/h4-9,17-20,27H,3,10-16H2,1-2H3/t17-,18?,19?,20?,26?/m0/s1. The Labute approximate surface area is 179 Å². The zero-order chi connectivity index (χ0) is 20.7. The van der Waals surface area contributed by atoms with Gasteiger partial charge in [0.1, 0.15) is 11.5 Å². The van der Waals surface area contributed by atoms with E-state index in [2.05, 4.69) is 18.3 Å². The lowest BCUT2D eigenvalue weighted by Gasteiger charge is -2.59. The minimum absolute atomic E-state index is 0.285. The van der Waals surface area contributed by atoms with Crippen LogP contribution in [0.25, 0.3) is 11.3 Å². The monoisotopic (exact) mass is 407 g/mol. The average Bonchev–Trinajstić information content (AvgIpc) is 3.20. The van der Waals surface area contributed by atoms with Crippen LogP contribution < -0.4 is 5.32 Å². The van der Waals surface area contributed by atoms with Crippen molar-refractivity contribution < 1.29 is 13.9 Å². The van der Waals surface area contributed by atoms with Gasteiger partial charge in [0.05, 0.1) is 18.7 Å². The van der Waals surface area contributed by atoms with Gasteiger partial charge in [-0.1, -0.05) is 12.1 Å². The Hall–Kier alpha value is -2.07. The lowest BCUT2D eigenvalue weighted by molar-refractivity contribution is -0.0708. The molecular weight excluding hydrogens is 374 g/mol. The Balaban J connectivity index is 1.21. The molecule has 4 aliphatic rings. The molecule has 0 saturated heterocycles. The fourth-order valence-electron chi connectivity index (χ4n) is 6.79. The van der Waals surface area contributed by atoms with Crippen LogP contribution in [0.2, 0.25) is 0 Å². The number of carbonyl (C=O) groups is 1. The normalized spacial score (nSPS) is 30.4. The summed E-state index contributed by atoms with van der Waals surface area (Å²) in [4.78, 5) is 11.8. The number of nitrogens with one attached hydrogen (secondary N) is 1. The van der Waals surface area contributed by atoms with Gasteiger partial charge in [-0.25, -0.2) is 4.79 Å². The molecule has 4 fully saturated rings. The summed E-state index contributed by atoms with van der Waals surface area (Å²) < 4.78 is 11.2. The molecule has 4 aliphatic carbocycles. The van der Waals surface area contributed by atoms with Crippen LogP contribution in [0.3, 0.4) is 0 Å². The van der Waals surface area contributed by atoms with Crippen molar-refractivity contribution >= 4 is 5.97 Å². The molecule has 4 heteroatoms. The maximum absolute atomic E-state index is 11.8. The Bertz CT molecular complexity index is 862. The predicted octanol–water partition coefficient (Wildman–Crippen LogP) is 5.82. The third kappa shape index (κ3) is 3.71. The Morgan fingerprint density at radius 2 is 1.70 bits per heavy atom. The number of ether oxygens (including phenoxy) is 1. The molecule has 0 aliphatic heterocycles. The van der Waals surface area contributed by atoms with E-state index in [0.29, 0.717) is 23.6 Å². The first kappa shape index (κ1) is 19.9. The molecule has 0 radical (unpaired) electrons. The number of rotatable bonds is 7. The van der Waals surface area contributed by atoms with Crippen LogP contribution in [-0.4, -0.2) is 18.6 Å². The molecule has 2 aromatic rings. The van der Waals surface area contributed by atoms with Crippen LogP contribution in [0.1, 0.15) is 68.5 Å². The van der Waals surface area contributed by atoms with E-state index in [1.807, 2.05) is 25.1 Å². The number of furan rings is 1. The molecule has 0 unspecified atom stereocenters. The van der Waals surface area contributed by atoms with E-state index in [-0.39, 0.29) is 5.97 Å². The summed E-state index contributed by atoms with van der Waals surface area (Å²) in [5, 5.41) is 3.80. The average molecular weight is 408 g/mol. The number of carbonyl (C=O) groups excluding carboxylic acids is 1. The lowest BCUT2D eigenvalue weighted by Crippen LogP contribution is -2.54. The van der Waals surface area contributed by atoms with Crippen molar-refractivity contribution in [1.82, 2.24) is 5.32 Å². The van der Waals surface area contributed by atoms with E-state index in [0.717, 1.165) is 41.4 Å². The van der Waals surface area contributed by atoms with Crippen molar-refractivity contribution in [3.63, 3.8) is 0 Å². The zero-order valence-corrected chi connectivity index (χ0v) is 18.2. The Kier molecular flexibility index (Phi) is 5.22. The fourth-order valence-corrected chi connectivity index (χ4v) is 6.79. The largest absolute Gasteiger partial charge is 0.462 e. The van der Waals surface area contributed by atoms with Crippen LogP contribution in [-0.2, 0) is 11.3 Å². The van der Waals surface area contributed by atoms with Gasteiger partial charge < -0.3 is 14.5 Å². The second-order valence-electron chi connectivity index (χ2n) is 9.95. The third-order valence-electron chi connectivity index (χ3n) is 7.93. The van der Waals surface area contributed by atoms with Gasteiger partial charge >= 0.3 is 5.97 Å². The topological polar surface area (TPSA) is 51.5 Å². The molecule has 1 aromatic heterocycles. The van der Waals surface area contributed by atoms with Crippen molar-refractivity contribution in [1.29, 1.82) is 0 Å². The summed E-state index contributed by atoms with van der Waals surface area (Å²) in [5.74, 6) is 4.46. The summed E-state index contributed by atoms with van der Waals surface area (Å²) in [5.41, 5.74) is 2.05. The first-order valence-electron chi connectivity index (χ1n) is 11.6. The van der Waals surface area contributed by atoms with E-state index < -0.39 is 0 Å². The minimum atomic E-state index is -0.285. The van der Waals surface area contributed by atoms with Gasteiger partial charge in [-0.2, -0.15) is 0 Å². The highest BCUT2D eigenvalue weighted by atomic mass is 16.5. The van der Waals surface area contributed by atoms with Gasteiger partial charge in [0.15, 0.2) is 0 Å². The summed E-state index contributed by atoms with van der Waals surface area (Å²) in [6, 6.07) is 12.0. The molecule has 6 rings (SSSR count). The SMILES string of the molecule is CCOC(=O)c1ccc(-c2ccc(CN[C@@H](C)C34CC5CC(CC(C5)C3)C4)o2)cc1. The highest BCUT2D eigenvalue weighted by molar-refractivity contribution is 5.89. The van der Waals surface area contributed by atoms with E-state index in [4.69, 9.17) is 9.15 Å². The minimum Gasteiger partial charge on any atom is -0.462 e. The maximum Gasteiger partial charge on any atom is 0.338 e. The molecule has 4 nitrogen and oxygen atoms in total. The highest BCUT2D eigenvalue weighted by Gasteiger charge is 2.52. The number of hydrogen-bond acceptors (Lipinski definition) is 4. The van der Waals surface area contributed by atoms with Crippen LogP contribution >= 0.6 is 0 Å². The maximum atomic E-state index is 11.8. The molecular formula is C26H33NO3. The molecule has 4 saturated carbocycles. The van der Waals surface area contributed by atoms with Crippen LogP contribution in [0, 0.1) is 23.2 Å². The quantitative estimate of drug-likeness (QED) is 0.588.